The first kappa shape index (κ1) is 15.6. The minimum Gasteiger partial charge on any atom is -0.447 e. The molecule has 1 heterocycles. The summed E-state index contributed by atoms with van der Waals surface area (Å²) in [5.74, 6) is -0.118. The Hall–Kier alpha value is -2.31. The largest absolute Gasteiger partial charge is 0.447 e. The fourth-order valence-electron chi connectivity index (χ4n) is 3.09. The summed E-state index contributed by atoms with van der Waals surface area (Å²) < 4.78 is 18.8. The van der Waals surface area contributed by atoms with Gasteiger partial charge >= 0.3 is 12.1 Å². The molecule has 2 aliphatic rings. The van der Waals surface area contributed by atoms with Gasteiger partial charge in [0.1, 0.15) is 12.4 Å². The molecule has 1 aromatic rings. The normalized spacial score (nSPS) is 23.7. The van der Waals surface area contributed by atoms with Gasteiger partial charge in [0.2, 0.25) is 0 Å². The maximum Gasteiger partial charge on any atom is 0.414 e. The highest BCUT2D eigenvalue weighted by Crippen LogP contribution is 2.26. The molecule has 0 bridgehead atoms. The minimum atomic E-state index is -0.545. The number of halogens is 1. The summed E-state index contributed by atoms with van der Waals surface area (Å²) in [7, 11) is 0. The molecule has 3 rings (SSSR count). The van der Waals surface area contributed by atoms with Crippen LogP contribution in [0.4, 0.5) is 25.4 Å². The Morgan fingerprint density at radius 3 is 2.87 bits per heavy atom. The molecule has 0 spiro atoms. The van der Waals surface area contributed by atoms with E-state index in [2.05, 4.69) is 17.6 Å². The smallest absolute Gasteiger partial charge is 0.414 e. The second-order valence-electron chi connectivity index (χ2n) is 6.04. The summed E-state index contributed by atoms with van der Waals surface area (Å²) in [5, 5.41) is 5.41. The van der Waals surface area contributed by atoms with Crippen molar-refractivity contribution in [2.75, 3.05) is 23.4 Å². The summed E-state index contributed by atoms with van der Waals surface area (Å²) in [6.45, 7) is 2.81. The molecule has 6 nitrogen and oxygen atoms in total. The molecular formula is C16H20FN3O3. The molecule has 2 fully saturated rings. The SMILES string of the molecule is C[C@H]1CCC[C@H]1NC(=O)Nc1cc(N2CCOC2=O)ccc1F. The lowest BCUT2D eigenvalue weighted by Crippen LogP contribution is -2.39. The van der Waals surface area contributed by atoms with Crippen LogP contribution < -0.4 is 15.5 Å². The number of hydrogen-bond donors (Lipinski definition) is 2. The number of urea groups is 1. The van der Waals surface area contributed by atoms with E-state index in [1.807, 2.05) is 0 Å². The van der Waals surface area contributed by atoms with Crippen LogP contribution >= 0.6 is 0 Å². The Bertz CT molecular complexity index is 623. The van der Waals surface area contributed by atoms with Crippen LogP contribution in [0.25, 0.3) is 0 Å². The van der Waals surface area contributed by atoms with Crippen molar-refractivity contribution in [1.29, 1.82) is 0 Å². The van der Waals surface area contributed by atoms with Crippen molar-refractivity contribution in [3.63, 3.8) is 0 Å². The van der Waals surface area contributed by atoms with Crippen molar-refractivity contribution >= 4 is 23.5 Å². The number of nitrogens with one attached hydrogen (secondary N) is 2. The van der Waals surface area contributed by atoms with Crippen LogP contribution in [0.15, 0.2) is 18.2 Å². The number of rotatable bonds is 3. The minimum absolute atomic E-state index is 0.0466. The van der Waals surface area contributed by atoms with Gasteiger partial charge in [0.15, 0.2) is 0 Å². The molecule has 7 heteroatoms. The standard InChI is InChI=1S/C16H20FN3O3/c1-10-3-2-4-13(10)18-15(21)19-14-9-11(5-6-12(14)17)20-7-8-23-16(20)22/h5-6,9-10,13H,2-4,7-8H2,1H3,(H2,18,19,21)/t10-,13+/m0/s1. The van der Waals surface area contributed by atoms with Crippen LogP contribution in [0.5, 0.6) is 0 Å². The zero-order chi connectivity index (χ0) is 16.4. The van der Waals surface area contributed by atoms with Crippen molar-refractivity contribution in [2.45, 2.75) is 32.2 Å². The molecule has 0 unspecified atom stereocenters. The Kier molecular flexibility index (Phi) is 4.36. The number of benzene rings is 1. The quantitative estimate of drug-likeness (QED) is 0.899. The molecule has 1 aliphatic carbocycles. The van der Waals surface area contributed by atoms with Gasteiger partial charge in [-0.15, -0.1) is 0 Å². The lowest BCUT2D eigenvalue weighted by molar-refractivity contribution is 0.181. The second kappa shape index (κ2) is 6.44. The van der Waals surface area contributed by atoms with Crippen LogP contribution in [0, 0.1) is 11.7 Å². The van der Waals surface area contributed by atoms with Gasteiger partial charge in [-0.05, 0) is 37.0 Å². The molecule has 2 N–H and O–H groups in total. The van der Waals surface area contributed by atoms with Crippen molar-refractivity contribution < 1.29 is 18.7 Å². The molecule has 0 radical (unpaired) electrons. The molecule has 2 atom stereocenters. The zero-order valence-corrected chi connectivity index (χ0v) is 13.0. The van der Waals surface area contributed by atoms with Crippen molar-refractivity contribution in [1.82, 2.24) is 5.32 Å². The van der Waals surface area contributed by atoms with Gasteiger partial charge in [0, 0.05) is 11.7 Å². The van der Waals surface area contributed by atoms with Crippen molar-refractivity contribution in [3.05, 3.63) is 24.0 Å². The third-order valence-corrected chi connectivity index (χ3v) is 4.45. The van der Waals surface area contributed by atoms with E-state index < -0.39 is 17.9 Å². The first-order chi connectivity index (χ1) is 11.0. The summed E-state index contributed by atoms with van der Waals surface area (Å²) in [6, 6.07) is 3.86. The van der Waals surface area contributed by atoms with Crippen LogP contribution in [0.2, 0.25) is 0 Å². The van der Waals surface area contributed by atoms with Gasteiger partial charge in [-0.1, -0.05) is 13.3 Å². The van der Waals surface area contributed by atoms with Gasteiger partial charge < -0.3 is 15.4 Å². The third kappa shape index (κ3) is 3.38. The number of hydrogen-bond acceptors (Lipinski definition) is 3. The summed E-state index contributed by atoms with van der Waals surface area (Å²) >= 11 is 0. The summed E-state index contributed by atoms with van der Waals surface area (Å²) in [6.07, 6.45) is 2.65. The van der Waals surface area contributed by atoms with Gasteiger partial charge in [0.25, 0.3) is 0 Å². The zero-order valence-electron chi connectivity index (χ0n) is 13.0. The van der Waals surface area contributed by atoms with Gasteiger partial charge in [-0.2, -0.15) is 0 Å². The summed E-state index contributed by atoms with van der Waals surface area (Å²) in [5.41, 5.74) is 0.545. The number of cyclic esters (lactones) is 1. The average molecular weight is 321 g/mol. The van der Waals surface area contributed by atoms with E-state index in [4.69, 9.17) is 4.74 Å². The predicted molar refractivity (Wildman–Crippen MR) is 84.1 cm³/mol. The molecule has 23 heavy (non-hydrogen) atoms. The molecular weight excluding hydrogens is 301 g/mol. The highest BCUT2D eigenvalue weighted by molar-refractivity contribution is 5.93. The molecule has 1 aliphatic heterocycles. The number of carbonyl (C=O) groups excluding carboxylic acids is 2. The predicted octanol–water partition coefficient (Wildman–Crippen LogP) is 3.09. The van der Waals surface area contributed by atoms with Crippen LogP contribution in [-0.2, 0) is 4.74 Å². The topological polar surface area (TPSA) is 70.7 Å². The first-order valence-electron chi connectivity index (χ1n) is 7.86. The second-order valence-corrected chi connectivity index (χ2v) is 6.04. The lowest BCUT2D eigenvalue weighted by Gasteiger charge is -2.19. The molecule has 0 aromatic heterocycles. The maximum absolute atomic E-state index is 13.9. The van der Waals surface area contributed by atoms with Crippen LogP contribution in [0.3, 0.4) is 0 Å². The highest BCUT2D eigenvalue weighted by Gasteiger charge is 2.26. The third-order valence-electron chi connectivity index (χ3n) is 4.45. The van der Waals surface area contributed by atoms with Crippen molar-refractivity contribution in [3.8, 4) is 0 Å². The van der Waals surface area contributed by atoms with Crippen LogP contribution in [0.1, 0.15) is 26.2 Å². The summed E-state index contributed by atoms with van der Waals surface area (Å²) in [4.78, 5) is 25.0. The molecule has 3 amide bonds. The Labute approximate surface area is 134 Å². The molecule has 1 saturated heterocycles. The fraction of sp³-hybridized carbons (Fsp3) is 0.500. The van der Waals surface area contributed by atoms with E-state index in [-0.39, 0.29) is 11.7 Å². The Balaban J connectivity index is 1.69. The number of amides is 3. The highest BCUT2D eigenvalue weighted by atomic mass is 19.1. The first-order valence-corrected chi connectivity index (χ1v) is 7.86. The Morgan fingerprint density at radius 2 is 2.22 bits per heavy atom. The Morgan fingerprint density at radius 1 is 1.39 bits per heavy atom. The van der Waals surface area contributed by atoms with Gasteiger partial charge in [-0.25, -0.2) is 14.0 Å². The van der Waals surface area contributed by atoms with Crippen LogP contribution in [-0.4, -0.2) is 31.3 Å². The molecule has 1 aromatic carbocycles. The number of carbonyl (C=O) groups is 2. The van der Waals surface area contributed by atoms with E-state index >= 15 is 0 Å². The van der Waals surface area contributed by atoms with E-state index in [0.29, 0.717) is 24.8 Å². The van der Waals surface area contributed by atoms with E-state index in [1.54, 1.807) is 0 Å². The van der Waals surface area contributed by atoms with Gasteiger partial charge in [0.05, 0.1) is 12.2 Å². The van der Waals surface area contributed by atoms with Gasteiger partial charge in [-0.3, -0.25) is 4.90 Å². The lowest BCUT2D eigenvalue weighted by atomic mass is 10.1. The monoisotopic (exact) mass is 321 g/mol. The van der Waals surface area contributed by atoms with E-state index in [0.717, 1.165) is 19.3 Å². The maximum atomic E-state index is 13.9. The van der Waals surface area contributed by atoms with Crippen molar-refractivity contribution in [2.24, 2.45) is 5.92 Å². The average Bonchev–Trinajstić information content (AvgIpc) is 3.11. The fourth-order valence-corrected chi connectivity index (χ4v) is 3.09. The molecule has 1 saturated carbocycles. The van der Waals surface area contributed by atoms with E-state index in [9.17, 15) is 14.0 Å². The molecule has 124 valence electrons. The number of nitrogens with zero attached hydrogens (tertiary/aromatic N) is 1. The number of anilines is 2. The van der Waals surface area contributed by atoms with E-state index in [1.165, 1.54) is 23.1 Å². The number of ether oxygens (including phenoxy) is 1.